The molecule has 0 aromatic heterocycles. The van der Waals surface area contributed by atoms with E-state index in [4.69, 9.17) is 19.8 Å². The molecule has 4 N–H and O–H groups in total. The lowest BCUT2D eigenvalue weighted by Crippen LogP contribution is -2.36. The Kier molecular flexibility index (Phi) is 8.54. The molecule has 4 rings (SSSR count). The Morgan fingerprint density at radius 1 is 0.853 bits per heavy atom. The zero-order valence-corrected chi connectivity index (χ0v) is 18.9. The number of carboxylic acids is 2. The van der Waals surface area contributed by atoms with Crippen LogP contribution in [0.25, 0.3) is 0 Å². The van der Waals surface area contributed by atoms with Gasteiger partial charge >= 0.3 is 11.9 Å². The van der Waals surface area contributed by atoms with Crippen molar-refractivity contribution in [2.75, 3.05) is 5.32 Å². The van der Waals surface area contributed by atoms with Crippen LogP contribution in [-0.2, 0) is 20.8 Å². The van der Waals surface area contributed by atoms with Crippen LogP contribution >= 0.6 is 0 Å². The monoisotopic (exact) mass is 460 g/mol. The van der Waals surface area contributed by atoms with Gasteiger partial charge in [-0.1, -0.05) is 72.3 Å². The molecule has 0 spiro atoms. The van der Waals surface area contributed by atoms with E-state index in [9.17, 15) is 4.79 Å². The summed E-state index contributed by atoms with van der Waals surface area (Å²) in [6.45, 7) is 2.04. The molecule has 0 saturated carbocycles. The highest BCUT2D eigenvalue weighted by Gasteiger charge is 2.27. The highest BCUT2D eigenvalue weighted by Crippen LogP contribution is 2.32. The summed E-state index contributed by atoms with van der Waals surface area (Å²) in [5.74, 6) is -3.68. The van der Waals surface area contributed by atoms with Crippen molar-refractivity contribution in [2.24, 2.45) is 0 Å². The number of amides is 1. The van der Waals surface area contributed by atoms with E-state index in [-0.39, 0.29) is 11.9 Å². The first-order valence-electron chi connectivity index (χ1n) is 11.1. The van der Waals surface area contributed by atoms with Gasteiger partial charge in [0, 0.05) is 11.7 Å². The molecule has 1 amide bonds. The molecule has 0 radical (unpaired) electrons. The van der Waals surface area contributed by atoms with Crippen molar-refractivity contribution in [1.29, 1.82) is 0 Å². The number of carbonyl (C=O) groups is 3. The molecule has 7 heteroatoms. The summed E-state index contributed by atoms with van der Waals surface area (Å²) in [7, 11) is 0. The second kappa shape index (κ2) is 11.8. The van der Waals surface area contributed by atoms with Gasteiger partial charge in [-0.2, -0.15) is 0 Å². The Morgan fingerprint density at radius 2 is 1.47 bits per heavy atom. The molecular formula is C27H28N2O5. The molecule has 3 aromatic rings. The molecule has 1 aliphatic rings. The minimum absolute atomic E-state index is 0.0295. The summed E-state index contributed by atoms with van der Waals surface area (Å²) < 4.78 is 0. The van der Waals surface area contributed by atoms with Crippen molar-refractivity contribution in [3.63, 3.8) is 0 Å². The molecule has 34 heavy (non-hydrogen) atoms. The molecule has 3 aromatic carbocycles. The first-order valence-corrected chi connectivity index (χ1v) is 11.1. The number of nitrogens with one attached hydrogen (secondary N) is 2. The minimum Gasteiger partial charge on any atom is -0.473 e. The lowest BCUT2D eigenvalue weighted by Gasteiger charge is -2.30. The molecule has 1 aliphatic carbocycles. The summed E-state index contributed by atoms with van der Waals surface area (Å²) in [6.07, 6.45) is 3.29. The zero-order chi connectivity index (χ0) is 24.5. The van der Waals surface area contributed by atoms with Crippen molar-refractivity contribution in [3.05, 3.63) is 101 Å². The predicted octanol–water partition coefficient (Wildman–Crippen LogP) is 4.50. The summed E-state index contributed by atoms with van der Waals surface area (Å²) in [5, 5.41) is 21.5. The Bertz CT molecular complexity index is 1120. The highest BCUT2D eigenvalue weighted by molar-refractivity contribution is 6.27. The lowest BCUT2D eigenvalue weighted by molar-refractivity contribution is -0.159. The van der Waals surface area contributed by atoms with Crippen LogP contribution in [0.5, 0.6) is 0 Å². The van der Waals surface area contributed by atoms with E-state index < -0.39 is 18.0 Å². The maximum Gasteiger partial charge on any atom is 0.414 e. The van der Waals surface area contributed by atoms with Crippen LogP contribution in [0.4, 0.5) is 5.69 Å². The molecule has 0 fully saturated rings. The predicted molar refractivity (Wildman–Crippen MR) is 130 cm³/mol. The second-order valence-electron chi connectivity index (χ2n) is 8.12. The van der Waals surface area contributed by atoms with Gasteiger partial charge in [-0.25, -0.2) is 9.59 Å². The Morgan fingerprint density at radius 3 is 2.12 bits per heavy atom. The Hall–Kier alpha value is -3.97. The fourth-order valence-corrected chi connectivity index (χ4v) is 3.95. The highest BCUT2D eigenvalue weighted by atomic mass is 16.4. The van der Waals surface area contributed by atoms with E-state index in [1.807, 2.05) is 61.5 Å². The van der Waals surface area contributed by atoms with E-state index in [0.29, 0.717) is 0 Å². The molecule has 0 saturated heterocycles. The van der Waals surface area contributed by atoms with Crippen LogP contribution in [0.3, 0.4) is 0 Å². The quantitative estimate of drug-likeness (QED) is 0.417. The topological polar surface area (TPSA) is 116 Å². The summed E-state index contributed by atoms with van der Waals surface area (Å²) in [6, 6.07) is 26.2. The van der Waals surface area contributed by atoms with Crippen LogP contribution in [0.1, 0.15) is 47.2 Å². The Balaban J connectivity index is 0.000000481. The summed E-state index contributed by atoms with van der Waals surface area (Å²) in [5.41, 5.74) is 5.68. The number of fused-ring (bicyclic) bond motifs is 1. The molecule has 0 aliphatic heterocycles. The number of hydrogen-bond donors (Lipinski definition) is 4. The minimum atomic E-state index is -1.82. The third kappa shape index (κ3) is 6.76. The lowest BCUT2D eigenvalue weighted by atomic mass is 9.87. The van der Waals surface area contributed by atoms with Gasteiger partial charge in [0.1, 0.15) is 6.04 Å². The zero-order valence-electron chi connectivity index (χ0n) is 18.9. The molecule has 2 atom stereocenters. The van der Waals surface area contributed by atoms with Crippen LogP contribution in [-0.4, -0.2) is 28.1 Å². The summed E-state index contributed by atoms with van der Waals surface area (Å²) >= 11 is 0. The first-order chi connectivity index (χ1) is 16.3. The average Bonchev–Trinajstić information content (AvgIpc) is 2.85. The van der Waals surface area contributed by atoms with Crippen molar-refractivity contribution < 1.29 is 24.6 Å². The fourth-order valence-electron chi connectivity index (χ4n) is 3.95. The van der Waals surface area contributed by atoms with Gasteiger partial charge in [0.05, 0.1) is 0 Å². The molecule has 0 heterocycles. The van der Waals surface area contributed by atoms with Gasteiger partial charge in [0.25, 0.3) is 0 Å². The molecule has 2 unspecified atom stereocenters. The third-order valence-corrected chi connectivity index (χ3v) is 5.63. The van der Waals surface area contributed by atoms with Crippen LogP contribution in [0.15, 0.2) is 78.9 Å². The van der Waals surface area contributed by atoms with Gasteiger partial charge in [0.2, 0.25) is 5.91 Å². The number of carbonyl (C=O) groups excluding carboxylic acids is 1. The number of anilines is 1. The van der Waals surface area contributed by atoms with Crippen LogP contribution < -0.4 is 10.6 Å². The smallest absolute Gasteiger partial charge is 0.414 e. The summed E-state index contributed by atoms with van der Waals surface area (Å²) in [4.78, 5) is 31.4. The Labute approximate surface area is 198 Å². The number of aliphatic carboxylic acids is 2. The van der Waals surface area contributed by atoms with E-state index >= 15 is 0 Å². The van der Waals surface area contributed by atoms with Gasteiger partial charge < -0.3 is 15.5 Å². The van der Waals surface area contributed by atoms with Gasteiger partial charge in [0.15, 0.2) is 0 Å². The molecular weight excluding hydrogens is 432 g/mol. The fraction of sp³-hybridized carbons (Fsp3) is 0.222. The van der Waals surface area contributed by atoms with E-state index in [0.717, 1.165) is 30.5 Å². The van der Waals surface area contributed by atoms with Crippen molar-refractivity contribution >= 4 is 23.5 Å². The van der Waals surface area contributed by atoms with E-state index in [1.54, 1.807) is 0 Å². The number of carboxylic acid groups (broad SMARTS) is 2. The maximum atomic E-state index is 13.2. The molecule has 7 nitrogen and oxygen atoms in total. The van der Waals surface area contributed by atoms with E-state index in [1.165, 1.54) is 16.7 Å². The maximum absolute atomic E-state index is 13.2. The molecule has 176 valence electrons. The van der Waals surface area contributed by atoms with Gasteiger partial charge in [-0.3, -0.25) is 10.1 Å². The number of hydrogen-bond acceptors (Lipinski definition) is 4. The number of aryl methyl sites for hydroxylation is 2. The SMILES string of the molecule is Cc1ccc(NC(=O)C(NC2CCCc3ccccc32)c2ccccc2)cc1.O=C(O)C(=O)O. The number of rotatable bonds is 5. The standard InChI is InChI=1S/C25H26N2O.C2H2O4/c1-18-14-16-21(17-15-18)26-25(28)24(20-9-3-2-4-10-20)27-23-13-7-11-19-8-5-6-12-22(19)23;3-1(4)2(5)6/h2-6,8-10,12,14-17,23-24,27H,7,11,13H2,1H3,(H,26,28);(H,3,4)(H,5,6). The van der Waals surface area contributed by atoms with Gasteiger partial charge in [-0.05, 0) is 55.0 Å². The van der Waals surface area contributed by atoms with Crippen LogP contribution in [0, 0.1) is 6.92 Å². The normalized spacial score (nSPS) is 15.1. The first kappa shape index (κ1) is 24.7. The van der Waals surface area contributed by atoms with Crippen LogP contribution in [0.2, 0.25) is 0 Å². The van der Waals surface area contributed by atoms with Crippen molar-refractivity contribution in [1.82, 2.24) is 5.32 Å². The molecule has 0 bridgehead atoms. The third-order valence-electron chi connectivity index (χ3n) is 5.63. The second-order valence-corrected chi connectivity index (χ2v) is 8.12. The average molecular weight is 461 g/mol. The van der Waals surface area contributed by atoms with E-state index in [2.05, 4.69) is 34.9 Å². The number of benzene rings is 3. The largest absolute Gasteiger partial charge is 0.473 e. The van der Waals surface area contributed by atoms with Gasteiger partial charge in [-0.15, -0.1) is 0 Å². The van der Waals surface area contributed by atoms with Crippen molar-refractivity contribution in [3.8, 4) is 0 Å². The van der Waals surface area contributed by atoms with Crippen molar-refractivity contribution in [2.45, 2.75) is 38.3 Å².